The van der Waals surface area contributed by atoms with E-state index in [1.807, 2.05) is 36.8 Å². The minimum Gasteiger partial charge on any atom is -0.493 e. The van der Waals surface area contributed by atoms with Crippen LogP contribution in [-0.4, -0.2) is 34.8 Å². The molecule has 2 aromatic rings. The summed E-state index contributed by atoms with van der Waals surface area (Å²) >= 11 is 1.42. The van der Waals surface area contributed by atoms with Gasteiger partial charge in [0.15, 0.2) is 11.4 Å². The number of H-pyrrole nitrogens is 1. The summed E-state index contributed by atoms with van der Waals surface area (Å²) in [4.78, 5) is 4.33. The molecule has 0 fully saturated rings. The van der Waals surface area contributed by atoms with Gasteiger partial charge in [-0.05, 0) is 29.4 Å². The van der Waals surface area contributed by atoms with Gasteiger partial charge in [-0.3, -0.25) is 15.4 Å². The molecule has 0 amide bonds. The van der Waals surface area contributed by atoms with Crippen LogP contribution in [0.3, 0.4) is 0 Å². The summed E-state index contributed by atoms with van der Waals surface area (Å²) in [6.07, 6.45) is 7.25. The number of amidine groups is 1. The van der Waals surface area contributed by atoms with E-state index in [1.165, 1.54) is 23.0 Å². The SMILES string of the molecule is CSC(=NCCCOc1ccccc1Cc1cn[nH]c1C(C)C)NC#N. The molecular formula is C19H25N5OS. The molecule has 138 valence electrons. The first-order chi connectivity index (χ1) is 12.7. The van der Waals surface area contributed by atoms with Crippen LogP contribution in [-0.2, 0) is 6.42 Å². The number of hydrogen-bond acceptors (Lipinski definition) is 5. The first-order valence-electron chi connectivity index (χ1n) is 8.62. The normalized spacial score (nSPS) is 11.4. The Morgan fingerprint density at radius 3 is 2.92 bits per heavy atom. The highest BCUT2D eigenvalue weighted by molar-refractivity contribution is 8.13. The highest BCUT2D eigenvalue weighted by Crippen LogP contribution is 2.25. The molecule has 1 aromatic heterocycles. The third-order valence-electron chi connectivity index (χ3n) is 3.85. The van der Waals surface area contributed by atoms with Gasteiger partial charge in [-0.2, -0.15) is 10.4 Å². The predicted octanol–water partition coefficient (Wildman–Crippen LogP) is 3.68. The van der Waals surface area contributed by atoms with E-state index in [-0.39, 0.29) is 0 Å². The van der Waals surface area contributed by atoms with Crippen molar-refractivity contribution < 1.29 is 4.74 Å². The fourth-order valence-electron chi connectivity index (χ4n) is 2.59. The molecule has 0 atom stereocenters. The van der Waals surface area contributed by atoms with E-state index in [9.17, 15) is 0 Å². The average molecular weight is 372 g/mol. The van der Waals surface area contributed by atoms with Crippen molar-refractivity contribution in [2.24, 2.45) is 4.99 Å². The van der Waals surface area contributed by atoms with Gasteiger partial charge in [-0.25, -0.2) is 0 Å². The minimum atomic E-state index is 0.408. The van der Waals surface area contributed by atoms with E-state index in [2.05, 4.69) is 40.4 Å². The number of aromatic amines is 1. The van der Waals surface area contributed by atoms with Crippen molar-refractivity contribution in [1.82, 2.24) is 15.5 Å². The van der Waals surface area contributed by atoms with Crippen LogP contribution in [0.2, 0.25) is 0 Å². The summed E-state index contributed by atoms with van der Waals surface area (Å²) in [7, 11) is 0. The van der Waals surface area contributed by atoms with Crippen molar-refractivity contribution in [3.05, 3.63) is 47.3 Å². The van der Waals surface area contributed by atoms with Gasteiger partial charge in [0.05, 0.1) is 12.8 Å². The van der Waals surface area contributed by atoms with Crippen molar-refractivity contribution in [1.29, 1.82) is 5.26 Å². The topological polar surface area (TPSA) is 86.1 Å². The van der Waals surface area contributed by atoms with Gasteiger partial charge in [-0.1, -0.05) is 43.8 Å². The van der Waals surface area contributed by atoms with Gasteiger partial charge in [0.2, 0.25) is 0 Å². The lowest BCUT2D eigenvalue weighted by Gasteiger charge is -2.12. The fourth-order valence-corrected chi connectivity index (χ4v) is 2.96. The zero-order valence-corrected chi connectivity index (χ0v) is 16.3. The van der Waals surface area contributed by atoms with E-state index < -0.39 is 0 Å². The van der Waals surface area contributed by atoms with Crippen LogP contribution in [0.4, 0.5) is 0 Å². The summed E-state index contributed by atoms with van der Waals surface area (Å²) < 4.78 is 5.97. The first-order valence-corrected chi connectivity index (χ1v) is 9.84. The molecule has 0 spiro atoms. The molecule has 0 aliphatic heterocycles. The van der Waals surface area contributed by atoms with Crippen LogP contribution < -0.4 is 10.1 Å². The van der Waals surface area contributed by atoms with E-state index in [1.54, 1.807) is 0 Å². The van der Waals surface area contributed by atoms with Crippen molar-refractivity contribution in [2.75, 3.05) is 19.4 Å². The second-order valence-corrected chi connectivity index (χ2v) is 6.87. The third-order valence-corrected chi connectivity index (χ3v) is 4.47. The van der Waals surface area contributed by atoms with Crippen LogP contribution in [0.15, 0.2) is 35.5 Å². The van der Waals surface area contributed by atoms with Gasteiger partial charge in [-0.15, -0.1) is 0 Å². The smallest absolute Gasteiger partial charge is 0.183 e. The molecule has 2 rings (SSSR count). The van der Waals surface area contributed by atoms with Crippen LogP contribution in [0.5, 0.6) is 5.75 Å². The van der Waals surface area contributed by atoms with E-state index >= 15 is 0 Å². The zero-order valence-electron chi connectivity index (χ0n) is 15.5. The average Bonchev–Trinajstić information content (AvgIpc) is 3.10. The molecule has 0 aliphatic carbocycles. The molecule has 1 heterocycles. The van der Waals surface area contributed by atoms with Crippen LogP contribution in [0, 0.1) is 11.5 Å². The second-order valence-electron chi connectivity index (χ2n) is 6.08. The number of nitrogens with zero attached hydrogens (tertiary/aromatic N) is 3. The van der Waals surface area contributed by atoms with Gasteiger partial charge in [0.1, 0.15) is 5.75 Å². The number of aliphatic imine (C=N–C) groups is 1. The molecule has 1 aromatic carbocycles. The molecule has 6 nitrogen and oxygen atoms in total. The Morgan fingerprint density at radius 2 is 2.19 bits per heavy atom. The Bertz CT molecular complexity index is 763. The van der Waals surface area contributed by atoms with Crippen molar-refractivity contribution in [3.63, 3.8) is 0 Å². The van der Waals surface area contributed by atoms with Gasteiger partial charge >= 0.3 is 0 Å². The molecule has 0 saturated carbocycles. The molecule has 0 aliphatic rings. The highest BCUT2D eigenvalue weighted by atomic mass is 32.2. The number of nitriles is 1. The van der Waals surface area contributed by atoms with Crippen molar-refractivity contribution >= 4 is 16.9 Å². The van der Waals surface area contributed by atoms with Gasteiger partial charge in [0, 0.05) is 25.1 Å². The van der Waals surface area contributed by atoms with Gasteiger partial charge < -0.3 is 4.74 Å². The Labute approximate surface area is 159 Å². The number of nitrogens with one attached hydrogen (secondary N) is 2. The van der Waals surface area contributed by atoms with Crippen molar-refractivity contribution in [3.8, 4) is 11.9 Å². The van der Waals surface area contributed by atoms with Crippen LogP contribution in [0.1, 0.15) is 43.0 Å². The van der Waals surface area contributed by atoms with Gasteiger partial charge in [0.25, 0.3) is 0 Å². The summed E-state index contributed by atoms with van der Waals surface area (Å²) in [5, 5.41) is 19.1. The summed E-state index contributed by atoms with van der Waals surface area (Å²) in [5.41, 5.74) is 3.52. The standard InChI is InChI=1S/C19H25N5OS/c1-14(2)18-16(12-23-24-18)11-15-7-4-5-8-17(15)25-10-6-9-21-19(26-3)22-13-20/h4-5,7-8,12,14H,6,9-11H2,1-3H3,(H,21,22)(H,23,24). The molecule has 26 heavy (non-hydrogen) atoms. The Hall–Kier alpha value is -2.46. The number of ether oxygens (including phenoxy) is 1. The quantitative estimate of drug-likeness (QED) is 0.243. The number of rotatable bonds is 8. The number of thioether (sulfide) groups is 1. The molecule has 0 radical (unpaired) electrons. The number of hydrogen-bond donors (Lipinski definition) is 2. The molecule has 0 saturated heterocycles. The fraction of sp³-hybridized carbons (Fsp3) is 0.421. The maximum Gasteiger partial charge on any atom is 0.183 e. The number of aromatic nitrogens is 2. The monoisotopic (exact) mass is 371 g/mol. The molecule has 7 heteroatoms. The highest BCUT2D eigenvalue weighted by Gasteiger charge is 2.12. The Kier molecular flexibility index (Phi) is 8.03. The zero-order chi connectivity index (χ0) is 18.8. The predicted molar refractivity (Wildman–Crippen MR) is 107 cm³/mol. The first kappa shape index (κ1) is 19.9. The van der Waals surface area contributed by atoms with E-state index in [0.29, 0.717) is 24.2 Å². The number of para-hydroxylation sites is 1. The van der Waals surface area contributed by atoms with Crippen molar-refractivity contribution in [2.45, 2.75) is 32.6 Å². The third kappa shape index (κ3) is 5.81. The summed E-state index contributed by atoms with van der Waals surface area (Å²) in [6.45, 7) is 5.51. The second kappa shape index (κ2) is 10.5. The molecule has 2 N–H and O–H groups in total. The summed E-state index contributed by atoms with van der Waals surface area (Å²) in [5.74, 6) is 1.30. The van der Waals surface area contributed by atoms with E-state index in [0.717, 1.165) is 24.2 Å². The van der Waals surface area contributed by atoms with Crippen LogP contribution in [0.25, 0.3) is 0 Å². The maximum atomic E-state index is 8.62. The molecule has 0 unspecified atom stereocenters. The Balaban J connectivity index is 1.93. The molecular weight excluding hydrogens is 346 g/mol. The lowest BCUT2D eigenvalue weighted by molar-refractivity contribution is 0.311. The van der Waals surface area contributed by atoms with Crippen LogP contribution >= 0.6 is 11.8 Å². The molecule has 0 bridgehead atoms. The maximum absolute atomic E-state index is 8.62. The number of benzene rings is 1. The van der Waals surface area contributed by atoms with E-state index in [4.69, 9.17) is 10.00 Å². The minimum absolute atomic E-state index is 0.408. The largest absolute Gasteiger partial charge is 0.493 e. The summed E-state index contributed by atoms with van der Waals surface area (Å²) in [6, 6.07) is 8.10. The lowest BCUT2D eigenvalue weighted by atomic mass is 10.00. The lowest BCUT2D eigenvalue weighted by Crippen LogP contribution is -2.14. The Morgan fingerprint density at radius 1 is 1.38 bits per heavy atom.